The zero-order chi connectivity index (χ0) is 9.02. The summed E-state index contributed by atoms with van der Waals surface area (Å²) in [6.45, 7) is 10.6. The van der Waals surface area contributed by atoms with Crippen LogP contribution in [-0.4, -0.2) is 29.9 Å². The molecule has 0 spiro atoms. The molecule has 0 aromatic rings. The summed E-state index contributed by atoms with van der Waals surface area (Å²) in [4.78, 5) is 6.62. The monoisotopic (exact) mass is 156 g/mol. The van der Waals surface area contributed by atoms with Gasteiger partial charge in [-0.25, -0.2) is 0 Å². The highest BCUT2D eigenvalue weighted by atomic mass is 15.2. The van der Waals surface area contributed by atoms with Crippen LogP contribution in [0.4, 0.5) is 0 Å². The Morgan fingerprint density at radius 1 is 1.18 bits per heavy atom. The lowest BCUT2D eigenvalue weighted by Gasteiger charge is -2.23. The normalized spacial score (nSPS) is 12.9. The number of aliphatic imine (C=N–C) groups is 1. The fourth-order valence-electron chi connectivity index (χ4n) is 0.838. The van der Waals surface area contributed by atoms with Crippen molar-refractivity contribution in [3.05, 3.63) is 0 Å². The predicted molar refractivity (Wildman–Crippen MR) is 51.1 cm³/mol. The average molecular weight is 156 g/mol. The van der Waals surface area contributed by atoms with Crippen LogP contribution < -0.4 is 0 Å². The topological polar surface area (TPSA) is 15.6 Å². The zero-order valence-corrected chi connectivity index (χ0v) is 8.55. The highest BCUT2D eigenvalue weighted by Gasteiger charge is 2.04. The van der Waals surface area contributed by atoms with Gasteiger partial charge in [0, 0.05) is 19.1 Å². The first-order chi connectivity index (χ1) is 4.95. The fraction of sp³-hybridized carbons (Fsp3) is 0.889. The molecule has 0 aliphatic carbocycles. The molecule has 0 aromatic heterocycles. The molecule has 0 N–H and O–H groups in total. The molecule has 0 aromatic carbocycles. The number of rotatable bonds is 2. The van der Waals surface area contributed by atoms with Gasteiger partial charge in [0.05, 0.1) is 5.84 Å². The first kappa shape index (κ1) is 10.5. The Morgan fingerprint density at radius 3 is 1.91 bits per heavy atom. The third kappa shape index (κ3) is 4.02. The summed E-state index contributed by atoms with van der Waals surface area (Å²) in [5.41, 5.74) is 0. The van der Waals surface area contributed by atoms with Crippen molar-refractivity contribution in [2.75, 3.05) is 7.05 Å². The smallest absolute Gasteiger partial charge is 0.0960 e. The van der Waals surface area contributed by atoms with Crippen LogP contribution >= 0.6 is 0 Å². The van der Waals surface area contributed by atoms with E-state index in [9.17, 15) is 0 Å². The van der Waals surface area contributed by atoms with Crippen molar-refractivity contribution in [1.82, 2.24) is 4.90 Å². The van der Waals surface area contributed by atoms with E-state index in [1.165, 1.54) is 0 Å². The number of nitrogens with zero attached hydrogens (tertiary/aromatic N) is 2. The zero-order valence-electron chi connectivity index (χ0n) is 8.55. The van der Waals surface area contributed by atoms with Crippen molar-refractivity contribution >= 4 is 5.84 Å². The van der Waals surface area contributed by atoms with Gasteiger partial charge in [-0.1, -0.05) is 0 Å². The van der Waals surface area contributed by atoms with E-state index in [4.69, 9.17) is 0 Å². The van der Waals surface area contributed by atoms with E-state index >= 15 is 0 Å². The van der Waals surface area contributed by atoms with E-state index in [1.54, 1.807) is 0 Å². The maximum atomic E-state index is 4.44. The standard InChI is InChI=1S/C9H20N2/c1-7(2)10-9(5)11(6)8(3)4/h7-8H,1-6H3. The average Bonchev–Trinajstić information content (AvgIpc) is 1.84. The van der Waals surface area contributed by atoms with Gasteiger partial charge in [0.25, 0.3) is 0 Å². The van der Waals surface area contributed by atoms with Gasteiger partial charge in [0.1, 0.15) is 0 Å². The first-order valence-corrected chi connectivity index (χ1v) is 4.22. The van der Waals surface area contributed by atoms with Crippen LogP contribution in [0.2, 0.25) is 0 Å². The second kappa shape index (κ2) is 4.37. The van der Waals surface area contributed by atoms with Gasteiger partial charge >= 0.3 is 0 Å². The van der Waals surface area contributed by atoms with Crippen molar-refractivity contribution in [3.8, 4) is 0 Å². The summed E-state index contributed by atoms with van der Waals surface area (Å²) in [5, 5.41) is 0. The van der Waals surface area contributed by atoms with E-state index in [2.05, 4.69) is 51.6 Å². The Kier molecular flexibility index (Phi) is 4.16. The molecule has 0 heterocycles. The quantitative estimate of drug-likeness (QED) is 0.442. The molecule has 0 bridgehead atoms. The minimum atomic E-state index is 0.399. The molecule has 0 amide bonds. The minimum absolute atomic E-state index is 0.399. The van der Waals surface area contributed by atoms with Crippen molar-refractivity contribution in [3.63, 3.8) is 0 Å². The largest absolute Gasteiger partial charge is 0.361 e. The molecule has 11 heavy (non-hydrogen) atoms. The van der Waals surface area contributed by atoms with Gasteiger partial charge in [0.2, 0.25) is 0 Å². The van der Waals surface area contributed by atoms with Crippen molar-refractivity contribution < 1.29 is 0 Å². The molecular formula is C9H20N2. The van der Waals surface area contributed by atoms with E-state index in [1.807, 2.05) is 0 Å². The summed E-state index contributed by atoms with van der Waals surface area (Å²) in [7, 11) is 2.08. The van der Waals surface area contributed by atoms with Gasteiger partial charge in [-0.3, -0.25) is 4.99 Å². The lowest BCUT2D eigenvalue weighted by Crippen LogP contribution is -2.31. The van der Waals surface area contributed by atoms with Crippen LogP contribution in [0.25, 0.3) is 0 Å². The van der Waals surface area contributed by atoms with Crippen molar-refractivity contribution in [1.29, 1.82) is 0 Å². The molecule has 0 unspecified atom stereocenters. The fourth-order valence-corrected chi connectivity index (χ4v) is 0.838. The SMILES string of the molecule is CC(=NC(C)C)N(C)C(C)C. The third-order valence-corrected chi connectivity index (χ3v) is 1.73. The van der Waals surface area contributed by atoms with Crippen molar-refractivity contribution in [2.45, 2.75) is 46.7 Å². The van der Waals surface area contributed by atoms with Crippen LogP contribution in [0.15, 0.2) is 4.99 Å². The lowest BCUT2D eigenvalue weighted by molar-refractivity contribution is 0.412. The molecule has 66 valence electrons. The van der Waals surface area contributed by atoms with Gasteiger partial charge < -0.3 is 4.90 Å². The number of amidine groups is 1. The highest BCUT2D eigenvalue weighted by Crippen LogP contribution is 1.97. The summed E-state index contributed by atoms with van der Waals surface area (Å²) in [6, 6.07) is 0.939. The van der Waals surface area contributed by atoms with E-state index < -0.39 is 0 Å². The maximum Gasteiger partial charge on any atom is 0.0960 e. The first-order valence-electron chi connectivity index (χ1n) is 4.22. The summed E-state index contributed by atoms with van der Waals surface area (Å²) < 4.78 is 0. The Morgan fingerprint density at radius 2 is 1.64 bits per heavy atom. The van der Waals surface area contributed by atoms with Crippen LogP contribution in [0.1, 0.15) is 34.6 Å². The molecule has 2 nitrogen and oxygen atoms in total. The van der Waals surface area contributed by atoms with Gasteiger partial charge in [-0.05, 0) is 34.6 Å². The van der Waals surface area contributed by atoms with E-state index in [0.717, 1.165) is 5.84 Å². The van der Waals surface area contributed by atoms with Crippen LogP contribution in [0, 0.1) is 0 Å². The minimum Gasteiger partial charge on any atom is -0.361 e. The second-order valence-corrected chi connectivity index (χ2v) is 3.47. The molecule has 0 rings (SSSR count). The van der Waals surface area contributed by atoms with Gasteiger partial charge in [-0.15, -0.1) is 0 Å². The number of hydrogen-bond acceptors (Lipinski definition) is 1. The molecular weight excluding hydrogens is 136 g/mol. The summed E-state index contributed by atoms with van der Waals surface area (Å²) in [5.74, 6) is 1.12. The van der Waals surface area contributed by atoms with Crippen LogP contribution in [0.5, 0.6) is 0 Å². The Hall–Kier alpha value is -0.530. The van der Waals surface area contributed by atoms with E-state index in [-0.39, 0.29) is 0 Å². The molecule has 0 aliphatic heterocycles. The Bertz CT molecular complexity index is 136. The molecule has 0 fully saturated rings. The second-order valence-electron chi connectivity index (χ2n) is 3.47. The molecule has 0 atom stereocenters. The predicted octanol–water partition coefficient (Wildman–Crippen LogP) is 2.15. The Labute approximate surface area is 70.3 Å². The highest BCUT2D eigenvalue weighted by molar-refractivity contribution is 5.79. The van der Waals surface area contributed by atoms with Gasteiger partial charge in [-0.2, -0.15) is 0 Å². The van der Waals surface area contributed by atoms with Crippen LogP contribution in [0.3, 0.4) is 0 Å². The lowest BCUT2D eigenvalue weighted by atomic mass is 10.3. The third-order valence-electron chi connectivity index (χ3n) is 1.73. The van der Waals surface area contributed by atoms with Crippen LogP contribution in [-0.2, 0) is 0 Å². The summed E-state index contributed by atoms with van der Waals surface area (Å²) in [6.07, 6.45) is 0. The Balaban J connectivity index is 4.11. The molecule has 0 radical (unpaired) electrons. The molecule has 0 saturated heterocycles. The van der Waals surface area contributed by atoms with E-state index in [0.29, 0.717) is 12.1 Å². The molecule has 0 aliphatic rings. The molecule has 2 heteroatoms. The van der Waals surface area contributed by atoms with Crippen molar-refractivity contribution in [2.24, 2.45) is 4.99 Å². The summed E-state index contributed by atoms with van der Waals surface area (Å²) >= 11 is 0. The number of hydrogen-bond donors (Lipinski definition) is 0. The van der Waals surface area contributed by atoms with Gasteiger partial charge in [0.15, 0.2) is 0 Å². The maximum absolute atomic E-state index is 4.44. The molecule has 0 saturated carbocycles.